The summed E-state index contributed by atoms with van der Waals surface area (Å²) in [4.78, 5) is 28.2. The van der Waals surface area contributed by atoms with Gasteiger partial charge in [-0.25, -0.2) is 9.07 Å². The summed E-state index contributed by atoms with van der Waals surface area (Å²) in [5.41, 5.74) is 8.72. The Morgan fingerprint density at radius 1 is 1.21 bits per heavy atom. The molecule has 2 aromatic heterocycles. The molecule has 1 aromatic carbocycles. The molecule has 4 N–H and O–H groups in total. The molecule has 0 radical (unpaired) electrons. The number of rotatable bonds is 9. The van der Waals surface area contributed by atoms with Gasteiger partial charge in [0.25, 0.3) is 5.91 Å². The van der Waals surface area contributed by atoms with E-state index in [0.29, 0.717) is 36.9 Å². The molecule has 0 saturated heterocycles. The van der Waals surface area contributed by atoms with Gasteiger partial charge in [0, 0.05) is 11.6 Å². The molecule has 1 fully saturated rings. The lowest BCUT2D eigenvalue weighted by atomic mass is 9.62. The average molecular weight is 518 g/mol. The van der Waals surface area contributed by atoms with Crippen LogP contribution in [0.2, 0.25) is 0 Å². The van der Waals surface area contributed by atoms with E-state index in [0.717, 1.165) is 36.2 Å². The van der Waals surface area contributed by atoms with Gasteiger partial charge in [-0.15, -0.1) is 0 Å². The van der Waals surface area contributed by atoms with Gasteiger partial charge in [0.15, 0.2) is 0 Å². The Balaban J connectivity index is 1.42. The molecule has 0 bridgehead atoms. The number of carbonyl (C=O) groups excluding carboxylic acids is 2. The van der Waals surface area contributed by atoms with E-state index in [1.54, 1.807) is 30.5 Å². The molecular formula is C29H32FN5O3. The van der Waals surface area contributed by atoms with E-state index in [2.05, 4.69) is 28.4 Å². The zero-order valence-corrected chi connectivity index (χ0v) is 21.4. The first-order valence-electron chi connectivity index (χ1n) is 13.0. The highest BCUT2D eigenvalue weighted by Crippen LogP contribution is 2.59. The Morgan fingerprint density at radius 3 is 2.74 bits per heavy atom. The number of aryl methyl sites for hydroxylation is 1. The van der Waals surface area contributed by atoms with Crippen LogP contribution in [0.15, 0.2) is 54.4 Å². The molecular weight excluding hydrogens is 485 g/mol. The first-order chi connectivity index (χ1) is 18.3. The number of benzene rings is 1. The van der Waals surface area contributed by atoms with Gasteiger partial charge in [-0.3, -0.25) is 14.6 Å². The van der Waals surface area contributed by atoms with Gasteiger partial charge < -0.3 is 16.2 Å². The minimum absolute atomic E-state index is 0.251. The van der Waals surface area contributed by atoms with Crippen molar-refractivity contribution in [2.24, 2.45) is 11.1 Å². The summed E-state index contributed by atoms with van der Waals surface area (Å²) in [6, 6.07) is 9.62. The maximum atomic E-state index is 13.5. The summed E-state index contributed by atoms with van der Waals surface area (Å²) in [6.45, 7) is 1.88. The van der Waals surface area contributed by atoms with Crippen molar-refractivity contribution < 1.29 is 19.1 Å². The smallest absolute Gasteiger partial charge is 0.253 e. The van der Waals surface area contributed by atoms with Crippen molar-refractivity contribution in [3.63, 3.8) is 0 Å². The van der Waals surface area contributed by atoms with E-state index in [1.807, 2.05) is 10.9 Å². The first kappa shape index (κ1) is 25.8. The van der Waals surface area contributed by atoms with Crippen molar-refractivity contribution in [1.29, 1.82) is 0 Å². The molecule has 0 aliphatic heterocycles. The van der Waals surface area contributed by atoms with Gasteiger partial charge in [0.05, 0.1) is 41.0 Å². The van der Waals surface area contributed by atoms with Crippen molar-refractivity contribution >= 4 is 17.9 Å². The van der Waals surface area contributed by atoms with Crippen molar-refractivity contribution in [2.75, 3.05) is 6.54 Å². The van der Waals surface area contributed by atoms with E-state index in [1.165, 1.54) is 17.7 Å². The number of aliphatic hydroxyl groups is 1. The number of primary amides is 1. The van der Waals surface area contributed by atoms with Crippen LogP contribution in [0.5, 0.6) is 0 Å². The molecule has 2 aliphatic carbocycles. The second kappa shape index (κ2) is 10.1. The normalized spacial score (nSPS) is 21.9. The highest BCUT2D eigenvalue weighted by molar-refractivity contribution is 5.97. The molecule has 2 aliphatic rings. The summed E-state index contributed by atoms with van der Waals surface area (Å²) in [5, 5.41) is 19.3. The van der Waals surface area contributed by atoms with E-state index in [-0.39, 0.29) is 12.4 Å². The number of nitrogens with zero attached hydrogens (tertiary/aromatic N) is 3. The van der Waals surface area contributed by atoms with Crippen molar-refractivity contribution in [3.05, 3.63) is 82.7 Å². The van der Waals surface area contributed by atoms with Gasteiger partial charge in [0.1, 0.15) is 5.82 Å². The molecule has 5 rings (SSSR count). The summed E-state index contributed by atoms with van der Waals surface area (Å²) in [7, 11) is 0. The predicted molar refractivity (Wildman–Crippen MR) is 141 cm³/mol. The number of amides is 2. The molecule has 9 heteroatoms. The molecule has 38 heavy (non-hydrogen) atoms. The topological polar surface area (TPSA) is 123 Å². The fraction of sp³-hybridized carbons (Fsp3) is 0.379. The standard InChI is InChI=1S/C29H32FN5O3/c1-2-11-28-16-19-17-34-35(22-7-5-21(30)6-8-22)25(19)15-20(28)9-12-29(28,38)13-10-24-23(4-3-14-32-24)27(37)33-18-26(31)36/h3-8,14-15,17,38H,2,9-13,16,18H2,1H3,(H2,31,36)(H,33,37)/t28?,29-/m1/s1. The van der Waals surface area contributed by atoms with Gasteiger partial charge in [-0.2, -0.15) is 5.10 Å². The number of nitrogens with one attached hydrogen (secondary N) is 1. The lowest BCUT2D eigenvalue weighted by molar-refractivity contribution is -0.117. The third kappa shape index (κ3) is 4.51. The van der Waals surface area contributed by atoms with E-state index in [4.69, 9.17) is 5.73 Å². The van der Waals surface area contributed by atoms with Crippen LogP contribution < -0.4 is 11.1 Å². The third-order valence-electron chi connectivity index (χ3n) is 8.08. The average Bonchev–Trinajstić information content (AvgIpc) is 3.44. The highest BCUT2D eigenvalue weighted by Gasteiger charge is 2.57. The Bertz CT molecular complexity index is 1400. The SMILES string of the molecule is CCCC12Cc3cnn(-c4ccc(F)cc4)c3C=C1CC[C@@]2(O)CCc1ncccc1C(=O)NCC(N)=O. The Labute approximate surface area is 220 Å². The van der Waals surface area contributed by atoms with Gasteiger partial charge in [0.2, 0.25) is 5.91 Å². The molecule has 2 atom stereocenters. The van der Waals surface area contributed by atoms with Crippen LogP contribution in [0, 0.1) is 11.2 Å². The Kier molecular flexibility index (Phi) is 6.88. The van der Waals surface area contributed by atoms with Gasteiger partial charge >= 0.3 is 0 Å². The fourth-order valence-electron chi connectivity index (χ4n) is 6.27. The third-order valence-corrected chi connectivity index (χ3v) is 8.08. The van der Waals surface area contributed by atoms with Crippen LogP contribution in [0.25, 0.3) is 11.8 Å². The van der Waals surface area contributed by atoms with Gasteiger partial charge in [-0.05, 0) is 86.6 Å². The minimum Gasteiger partial charge on any atom is -0.389 e. The van der Waals surface area contributed by atoms with Crippen LogP contribution in [0.3, 0.4) is 0 Å². The Morgan fingerprint density at radius 2 is 2.00 bits per heavy atom. The quantitative estimate of drug-likeness (QED) is 0.401. The zero-order chi connectivity index (χ0) is 26.9. The Hall–Kier alpha value is -3.85. The number of aromatic nitrogens is 3. The van der Waals surface area contributed by atoms with E-state index < -0.39 is 22.8 Å². The monoisotopic (exact) mass is 517 g/mol. The number of hydrogen-bond acceptors (Lipinski definition) is 5. The van der Waals surface area contributed by atoms with Crippen LogP contribution in [-0.4, -0.2) is 43.8 Å². The van der Waals surface area contributed by atoms with Crippen molar-refractivity contribution in [1.82, 2.24) is 20.1 Å². The summed E-state index contributed by atoms with van der Waals surface area (Å²) >= 11 is 0. The first-order valence-corrected chi connectivity index (χ1v) is 13.0. The minimum atomic E-state index is -0.983. The molecule has 2 amide bonds. The van der Waals surface area contributed by atoms with Gasteiger partial charge in [-0.1, -0.05) is 18.9 Å². The zero-order valence-electron chi connectivity index (χ0n) is 21.4. The molecule has 198 valence electrons. The highest BCUT2D eigenvalue weighted by atomic mass is 19.1. The van der Waals surface area contributed by atoms with Crippen LogP contribution >= 0.6 is 0 Å². The largest absolute Gasteiger partial charge is 0.389 e. The summed E-state index contributed by atoms with van der Waals surface area (Å²) in [5.74, 6) is -1.33. The van der Waals surface area contributed by atoms with Crippen LogP contribution in [0.1, 0.15) is 66.3 Å². The van der Waals surface area contributed by atoms with E-state index in [9.17, 15) is 19.1 Å². The number of fused-ring (bicyclic) bond motifs is 2. The summed E-state index contributed by atoms with van der Waals surface area (Å²) < 4.78 is 15.3. The lowest BCUT2D eigenvalue weighted by Gasteiger charge is -2.45. The van der Waals surface area contributed by atoms with Crippen LogP contribution in [0.4, 0.5) is 4.39 Å². The fourth-order valence-corrected chi connectivity index (χ4v) is 6.27. The molecule has 1 saturated carbocycles. The molecule has 8 nitrogen and oxygen atoms in total. The maximum Gasteiger partial charge on any atom is 0.253 e. The number of hydrogen-bond donors (Lipinski definition) is 3. The molecule has 3 aromatic rings. The van der Waals surface area contributed by atoms with Crippen molar-refractivity contribution in [2.45, 2.75) is 57.5 Å². The number of carbonyl (C=O) groups is 2. The number of halogens is 1. The molecule has 1 unspecified atom stereocenters. The predicted octanol–water partition coefficient (Wildman–Crippen LogP) is 3.51. The molecule has 0 spiro atoms. The second-order valence-electron chi connectivity index (χ2n) is 10.3. The van der Waals surface area contributed by atoms with E-state index >= 15 is 0 Å². The maximum absolute atomic E-state index is 13.5. The number of nitrogens with two attached hydrogens (primary N) is 1. The number of pyridine rings is 1. The summed E-state index contributed by atoms with van der Waals surface area (Å²) in [6.07, 6.45) is 10.3. The molecule has 2 heterocycles. The van der Waals surface area contributed by atoms with Crippen molar-refractivity contribution in [3.8, 4) is 5.69 Å². The second-order valence-corrected chi connectivity index (χ2v) is 10.3. The lowest BCUT2D eigenvalue weighted by Crippen LogP contribution is -2.47. The van der Waals surface area contributed by atoms with Crippen LogP contribution in [-0.2, 0) is 17.6 Å².